The van der Waals surface area contributed by atoms with Gasteiger partial charge >= 0.3 is 0 Å². The van der Waals surface area contributed by atoms with E-state index >= 15 is 0 Å². The lowest BCUT2D eigenvalue weighted by molar-refractivity contribution is 0.663. The van der Waals surface area contributed by atoms with Crippen LogP contribution in [0.15, 0.2) is 225 Å². The molecule has 0 N–H and O–H groups in total. The van der Waals surface area contributed by atoms with Crippen LogP contribution in [0.25, 0.3) is 49.9 Å². The monoisotopic (exact) mass is 781 g/mol. The van der Waals surface area contributed by atoms with Gasteiger partial charge in [-0.25, -0.2) is 4.98 Å². The summed E-state index contributed by atoms with van der Waals surface area (Å²) in [6.07, 6.45) is 1.89. The number of rotatable bonds is 8. The van der Waals surface area contributed by atoms with Crippen molar-refractivity contribution >= 4 is 50.0 Å². The molecule has 0 saturated heterocycles. The second kappa shape index (κ2) is 14.8. The molecule has 61 heavy (non-hydrogen) atoms. The summed E-state index contributed by atoms with van der Waals surface area (Å²) in [7, 11) is 0. The lowest BCUT2D eigenvalue weighted by atomic mass is 9.79. The third-order valence-electron chi connectivity index (χ3n) is 12.4. The second-order valence-corrected chi connectivity index (χ2v) is 16.3. The van der Waals surface area contributed by atoms with Gasteiger partial charge in [0.05, 0.1) is 11.0 Å². The number of para-hydroxylation sites is 3. The summed E-state index contributed by atoms with van der Waals surface area (Å²) in [5, 5.41) is 2.49. The van der Waals surface area contributed by atoms with Gasteiger partial charge in [0.25, 0.3) is 0 Å². The first-order valence-corrected chi connectivity index (χ1v) is 21.1. The molecule has 3 heteroatoms. The maximum absolute atomic E-state index is 4.89. The van der Waals surface area contributed by atoms with Crippen LogP contribution in [0.1, 0.15) is 47.2 Å². The Kier molecular flexibility index (Phi) is 8.82. The molecule has 1 aliphatic rings. The van der Waals surface area contributed by atoms with E-state index in [2.05, 4.69) is 236 Å². The number of hydrogen-bond donors (Lipinski definition) is 0. The Balaban J connectivity index is 1.12. The normalized spacial score (nSPS) is 13.1. The van der Waals surface area contributed by atoms with Crippen LogP contribution in [0, 0.1) is 0 Å². The maximum Gasteiger partial charge on any atom is 0.137 e. The van der Waals surface area contributed by atoms with Gasteiger partial charge < -0.3 is 4.90 Å². The first kappa shape index (κ1) is 36.3. The maximum atomic E-state index is 4.89. The Bertz CT molecular complexity index is 3180. The Morgan fingerprint density at radius 2 is 0.951 bits per heavy atom. The van der Waals surface area contributed by atoms with Gasteiger partial charge in [0, 0.05) is 39.4 Å². The largest absolute Gasteiger partial charge is 0.311 e. The van der Waals surface area contributed by atoms with Crippen molar-refractivity contribution in [3.63, 3.8) is 0 Å². The first-order valence-electron chi connectivity index (χ1n) is 21.1. The van der Waals surface area contributed by atoms with Crippen LogP contribution in [0.5, 0.6) is 0 Å². The van der Waals surface area contributed by atoms with E-state index in [9.17, 15) is 0 Å². The summed E-state index contributed by atoms with van der Waals surface area (Å²) >= 11 is 0. The van der Waals surface area contributed by atoms with E-state index in [0.29, 0.717) is 0 Å². The molecule has 0 saturated carbocycles. The lowest BCUT2D eigenvalue weighted by Crippen LogP contribution is -2.17. The van der Waals surface area contributed by atoms with Crippen molar-refractivity contribution in [1.82, 2.24) is 9.55 Å². The number of aromatic nitrogens is 2. The second-order valence-electron chi connectivity index (χ2n) is 16.3. The number of benzene rings is 8. The van der Waals surface area contributed by atoms with Crippen molar-refractivity contribution in [2.45, 2.75) is 19.3 Å². The molecule has 0 atom stereocenters. The Labute approximate surface area is 357 Å². The minimum atomic E-state index is -0.310. The highest BCUT2D eigenvalue weighted by Gasteiger charge is 2.39. The Morgan fingerprint density at radius 3 is 1.57 bits per heavy atom. The van der Waals surface area contributed by atoms with Crippen LogP contribution >= 0.6 is 0 Å². The number of nitrogens with zero attached hydrogens (tertiary/aromatic N) is 3. The fourth-order valence-corrected chi connectivity index (χ4v) is 9.72. The van der Waals surface area contributed by atoms with Crippen LogP contribution < -0.4 is 4.90 Å². The van der Waals surface area contributed by atoms with Gasteiger partial charge in [0.15, 0.2) is 0 Å². The standard InChI is InChI=1S/C58H43N3/c1-58(2)51-39-43(32-35-47(51)49-36-37-50-48-27-15-16-28-52(48)61(57(50)56(49)58)53-29-17-18-38-59-53)55(41-21-9-4-10-22-41)54(40-19-7-3-8-20-40)42-30-33-46(34-31-42)60(44-23-11-5-12-24-44)45-25-13-6-14-26-45/h3-39H,1-2H3. The lowest BCUT2D eigenvalue weighted by Gasteiger charge is -2.26. The first-order chi connectivity index (χ1) is 30.1. The predicted octanol–water partition coefficient (Wildman–Crippen LogP) is 15.0. The highest BCUT2D eigenvalue weighted by atomic mass is 15.1. The average Bonchev–Trinajstić information content (AvgIpc) is 3.78. The zero-order chi connectivity index (χ0) is 40.9. The minimum absolute atomic E-state index is 0.310. The van der Waals surface area contributed by atoms with E-state index in [0.717, 1.165) is 28.4 Å². The highest BCUT2D eigenvalue weighted by molar-refractivity contribution is 6.13. The van der Waals surface area contributed by atoms with Gasteiger partial charge in [-0.05, 0) is 116 Å². The Morgan fingerprint density at radius 1 is 0.443 bits per heavy atom. The van der Waals surface area contributed by atoms with Gasteiger partial charge in [0.1, 0.15) is 5.82 Å². The minimum Gasteiger partial charge on any atom is -0.311 e. The van der Waals surface area contributed by atoms with Crippen LogP contribution in [0.3, 0.4) is 0 Å². The molecular formula is C58H43N3. The SMILES string of the molecule is CC1(C)c2cc(C(=C(c3ccccc3)c3ccc(N(c4ccccc4)c4ccccc4)cc3)c3ccccc3)ccc2-c2ccc3c4ccccc4n(-c4ccccn4)c3c21. The van der Waals surface area contributed by atoms with E-state index in [-0.39, 0.29) is 5.41 Å². The molecule has 10 aromatic rings. The molecule has 11 rings (SSSR count). The quantitative estimate of drug-likeness (QED) is 0.143. The zero-order valence-electron chi connectivity index (χ0n) is 34.2. The summed E-state index contributed by atoms with van der Waals surface area (Å²) in [6.45, 7) is 4.80. The van der Waals surface area contributed by atoms with Crippen molar-refractivity contribution in [2.75, 3.05) is 4.90 Å². The third-order valence-corrected chi connectivity index (χ3v) is 12.4. The molecule has 0 unspecified atom stereocenters. The molecule has 2 heterocycles. The molecule has 2 aromatic heterocycles. The fraction of sp³-hybridized carbons (Fsp3) is 0.0517. The van der Waals surface area contributed by atoms with Crippen LogP contribution in [0.4, 0.5) is 17.1 Å². The molecule has 290 valence electrons. The predicted molar refractivity (Wildman–Crippen MR) is 255 cm³/mol. The number of fused-ring (bicyclic) bond motifs is 7. The molecule has 0 spiro atoms. The van der Waals surface area contributed by atoms with Crippen LogP contribution in [-0.4, -0.2) is 9.55 Å². The van der Waals surface area contributed by atoms with E-state index < -0.39 is 0 Å². The topological polar surface area (TPSA) is 21.1 Å². The van der Waals surface area contributed by atoms with Crippen molar-refractivity contribution in [1.29, 1.82) is 0 Å². The number of anilines is 3. The summed E-state index contributed by atoms with van der Waals surface area (Å²) in [4.78, 5) is 7.21. The summed E-state index contributed by atoms with van der Waals surface area (Å²) in [6, 6.07) is 78.9. The molecule has 0 aliphatic heterocycles. The number of hydrogen-bond acceptors (Lipinski definition) is 2. The van der Waals surface area contributed by atoms with Gasteiger partial charge in [-0.2, -0.15) is 0 Å². The molecule has 1 aliphatic carbocycles. The molecule has 8 aromatic carbocycles. The van der Waals surface area contributed by atoms with Gasteiger partial charge in [0.2, 0.25) is 0 Å². The van der Waals surface area contributed by atoms with Crippen LogP contribution in [-0.2, 0) is 5.41 Å². The van der Waals surface area contributed by atoms with Gasteiger partial charge in [-0.3, -0.25) is 4.57 Å². The smallest absolute Gasteiger partial charge is 0.137 e. The molecule has 0 fully saturated rings. The van der Waals surface area contributed by atoms with Gasteiger partial charge in [-0.15, -0.1) is 0 Å². The molecule has 0 bridgehead atoms. The Hall–Kier alpha value is -7.75. The summed E-state index contributed by atoms with van der Waals surface area (Å²) in [5.74, 6) is 0.929. The number of pyridine rings is 1. The summed E-state index contributed by atoms with van der Waals surface area (Å²) < 4.78 is 2.38. The van der Waals surface area contributed by atoms with Crippen molar-refractivity contribution in [2.24, 2.45) is 0 Å². The zero-order valence-corrected chi connectivity index (χ0v) is 34.2. The molecule has 3 nitrogen and oxygen atoms in total. The molecule has 0 radical (unpaired) electrons. The van der Waals surface area contributed by atoms with Crippen molar-refractivity contribution in [3.8, 4) is 16.9 Å². The highest BCUT2D eigenvalue weighted by Crippen LogP contribution is 2.54. The third kappa shape index (κ3) is 6.08. The van der Waals surface area contributed by atoms with Crippen molar-refractivity contribution in [3.05, 3.63) is 258 Å². The fourth-order valence-electron chi connectivity index (χ4n) is 9.72. The van der Waals surface area contributed by atoms with E-state index in [1.165, 1.54) is 71.9 Å². The van der Waals surface area contributed by atoms with Crippen molar-refractivity contribution < 1.29 is 0 Å². The van der Waals surface area contributed by atoms with E-state index in [1.807, 2.05) is 12.3 Å². The van der Waals surface area contributed by atoms with Crippen LogP contribution in [0.2, 0.25) is 0 Å². The van der Waals surface area contributed by atoms with E-state index in [1.54, 1.807) is 0 Å². The van der Waals surface area contributed by atoms with E-state index in [4.69, 9.17) is 4.98 Å². The summed E-state index contributed by atoms with van der Waals surface area (Å²) in [5.41, 5.74) is 17.7. The average molecular weight is 782 g/mol. The molecule has 0 amide bonds. The van der Waals surface area contributed by atoms with Gasteiger partial charge in [-0.1, -0.05) is 172 Å². The molecular weight excluding hydrogens is 739 g/mol.